The Bertz CT molecular complexity index is 789. The summed E-state index contributed by atoms with van der Waals surface area (Å²) in [5.74, 6) is -0.422. The van der Waals surface area contributed by atoms with Crippen LogP contribution in [-0.4, -0.2) is 19.3 Å². The Balaban J connectivity index is 2.32. The van der Waals surface area contributed by atoms with E-state index in [-0.39, 0.29) is 10.0 Å². The van der Waals surface area contributed by atoms with Crippen molar-refractivity contribution in [2.24, 2.45) is 5.14 Å². The van der Waals surface area contributed by atoms with Crippen LogP contribution in [0.5, 0.6) is 0 Å². The van der Waals surface area contributed by atoms with Crippen LogP contribution >= 0.6 is 11.6 Å². The number of nitrogens with two attached hydrogens (primary N) is 1. The summed E-state index contributed by atoms with van der Waals surface area (Å²) in [5, 5.41) is 8.01. The van der Waals surface area contributed by atoms with Crippen LogP contribution in [0.2, 0.25) is 5.15 Å². The molecule has 0 saturated heterocycles. The number of nitrogens with one attached hydrogen (secondary N) is 1. The van der Waals surface area contributed by atoms with Crippen molar-refractivity contribution in [1.29, 1.82) is 0 Å². The number of nitrogens with zero attached hydrogens (tertiary/aromatic N) is 1. The van der Waals surface area contributed by atoms with Gasteiger partial charge >= 0.3 is 0 Å². The first-order valence-corrected chi connectivity index (χ1v) is 7.77. The third-order valence-electron chi connectivity index (χ3n) is 2.83. The monoisotopic (exact) mass is 325 g/mol. The zero-order valence-electron chi connectivity index (χ0n) is 11.0. The molecule has 0 saturated carbocycles. The van der Waals surface area contributed by atoms with Gasteiger partial charge in [-0.15, -0.1) is 0 Å². The van der Waals surface area contributed by atoms with Gasteiger partial charge in [-0.25, -0.2) is 18.5 Å². The molecule has 2 aromatic rings. The van der Waals surface area contributed by atoms with Gasteiger partial charge in [0.15, 0.2) is 0 Å². The topological polar surface area (TPSA) is 102 Å². The van der Waals surface area contributed by atoms with Crippen molar-refractivity contribution < 1.29 is 13.2 Å². The van der Waals surface area contributed by atoms with Crippen molar-refractivity contribution in [2.75, 3.05) is 5.32 Å². The summed E-state index contributed by atoms with van der Waals surface area (Å²) in [5.41, 5.74) is 1.04. The molecule has 110 valence electrons. The molecule has 0 atom stereocenters. The highest BCUT2D eigenvalue weighted by molar-refractivity contribution is 7.89. The van der Waals surface area contributed by atoms with Crippen LogP contribution in [0, 0.1) is 6.92 Å². The lowest BCUT2D eigenvalue weighted by molar-refractivity contribution is 0.102. The van der Waals surface area contributed by atoms with Gasteiger partial charge in [0.05, 0.1) is 10.5 Å². The molecular formula is C13H12ClN3O3S. The van der Waals surface area contributed by atoms with E-state index in [1.54, 1.807) is 13.0 Å². The van der Waals surface area contributed by atoms with Crippen LogP contribution in [0.25, 0.3) is 0 Å². The molecule has 2 rings (SSSR count). The van der Waals surface area contributed by atoms with E-state index in [0.29, 0.717) is 16.8 Å². The molecule has 0 aliphatic carbocycles. The van der Waals surface area contributed by atoms with Crippen LogP contribution in [0.15, 0.2) is 41.4 Å². The van der Waals surface area contributed by atoms with Crippen molar-refractivity contribution in [2.45, 2.75) is 11.8 Å². The van der Waals surface area contributed by atoms with Crippen LogP contribution in [0.1, 0.15) is 15.9 Å². The van der Waals surface area contributed by atoms with Crippen LogP contribution < -0.4 is 10.5 Å². The molecule has 0 bridgehead atoms. The van der Waals surface area contributed by atoms with Gasteiger partial charge in [-0.3, -0.25) is 4.79 Å². The Morgan fingerprint density at radius 1 is 1.29 bits per heavy atom. The standard InChI is InChI=1S/C13H12ClN3O3S/c1-8-10(3-2-4-11(8)21(15,19)20)17-13(18)9-5-6-12(14)16-7-9/h2-7H,1H3,(H,17,18)(H2,15,19,20). The van der Waals surface area contributed by atoms with E-state index in [1.165, 1.54) is 30.5 Å². The Kier molecular flexibility index (Phi) is 4.26. The molecule has 0 fully saturated rings. The minimum atomic E-state index is -3.84. The average Bonchev–Trinajstić information content (AvgIpc) is 2.40. The number of primary sulfonamides is 1. The smallest absolute Gasteiger partial charge is 0.257 e. The molecule has 0 aliphatic rings. The lowest BCUT2D eigenvalue weighted by Crippen LogP contribution is -2.17. The number of aromatic nitrogens is 1. The van der Waals surface area contributed by atoms with Crippen molar-refractivity contribution in [1.82, 2.24) is 4.98 Å². The quantitative estimate of drug-likeness (QED) is 0.842. The Morgan fingerprint density at radius 2 is 2.00 bits per heavy atom. The van der Waals surface area contributed by atoms with Crippen LogP contribution in [0.3, 0.4) is 0 Å². The number of pyridine rings is 1. The summed E-state index contributed by atoms with van der Waals surface area (Å²) >= 11 is 5.65. The zero-order chi connectivity index (χ0) is 15.6. The summed E-state index contributed by atoms with van der Waals surface area (Å²) in [4.78, 5) is 15.8. The summed E-state index contributed by atoms with van der Waals surface area (Å²) in [6.07, 6.45) is 1.33. The van der Waals surface area contributed by atoms with Gasteiger partial charge in [0.2, 0.25) is 10.0 Å². The van der Waals surface area contributed by atoms with Crippen molar-refractivity contribution >= 4 is 33.2 Å². The van der Waals surface area contributed by atoms with Gasteiger partial charge < -0.3 is 5.32 Å². The number of amides is 1. The SMILES string of the molecule is Cc1c(NC(=O)c2ccc(Cl)nc2)cccc1S(N)(=O)=O. The predicted molar refractivity (Wildman–Crippen MR) is 79.8 cm³/mol. The van der Waals surface area contributed by atoms with E-state index >= 15 is 0 Å². The van der Waals surface area contributed by atoms with Crippen LogP contribution in [-0.2, 0) is 10.0 Å². The molecule has 1 aromatic heterocycles. The van der Waals surface area contributed by atoms with Crippen molar-refractivity contribution in [3.8, 4) is 0 Å². The fourth-order valence-electron chi connectivity index (χ4n) is 1.76. The average molecular weight is 326 g/mol. The van der Waals surface area contributed by atoms with Crippen molar-refractivity contribution in [3.05, 3.63) is 52.8 Å². The van der Waals surface area contributed by atoms with E-state index in [1.807, 2.05) is 0 Å². The highest BCUT2D eigenvalue weighted by Crippen LogP contribution is 2.22. The summed E-state index contributed by atoms with van der Waals surface area (Å²) in [6.45, 7) is 1.56. The minimum absolute atomic E-state index is 0.0328. The maximum atomic E-state index is 12.1. The van der Waals surface area contributed by atoms with E-state index in [0.717, 1.165) is 0 Å². The molecule has 8 heteroatoms. The third-order valence-corrected chi connectivity index (χ3v) is 4.11. The second kappa shape index (κ2) is 5.80. The van der Waals surface area contributed by atoms with Gasteiger partial charge in [-0.2, -0.15) is 0 Å². The molecule has 0 unspecified atom stereocenters. The summed E-state index contributed by atoms with van der Waals surface area (Å²) < 4.78 is 22.9. The second-order valence-electron chi connectivity index (χ2n) is 4.30. The number of carbonyl (C=O) groups excluding carboxylic acids is 1. The number of rotatable bonds is 3. The Morgan fingerprint density at radius 3 is 2.57 bits per heavy atom. The molecule has 1 heterocycles. The summed E-state index contributed by atoms with van der Waals surface area (Å²) in [7, 11) is -3.84. The van der Waals surface area contributed by atoms with Gasteiger partial charge in [0, 0.05) is 11.9 Å². The zero-order valence-corrected chi connectivity index (χ0v) is 12.6. The number of anilines is 1. The molecule has 3 N–H and O–H groups in total. The van der Waals surface area contributed by atoms with Gasteiger partial charge in [-0.05, 0) is 36.8 Å². The van der Waals surface area contributed by atoms with Gasteiger partial charge in [-0.1, -0.05) is 17.7 Å². The van der Waals surface area contributed by atoms with E-state index in [9.17, 15) is 13.2 Å². The summed E-state index contributed by atoms with van der Waals surface area (Å²) in [6, 6.07) is 7.48. The Hall–Kier alpha value is -1.96. The molecular weight excluding hydrogens is 314 g/mol. The maximum Gasteiger partial charge on any atom is 0.257 e. The second-order valence-corrected chi connectivity index (χ2v) is 6.21. The van der Waals surface area contributed by atoms with Crippen LogP contribution in [0.4, 0.5) is 5.69 Å². The van der Waals surface area contributed by atoms with Gasteiger partial charge in [0.1, 0.15) is 5.15 Å². The fraction of sp³-hybridized carbons (Fsp3) is 0.0769. The number of hydrogen-bond donors (Lipinski definition) is 2. The molecule has 0 radical (unpaired) electrons. The normalized spacial score (nSPS) is 11.2. The lowest BCUT2D eigenvalue weighted by Gasteiger charge is -2.11. The lowest BCUT2D eigenvalue weighted by atomic mass is 10.2. The number of hydrogen-bond acceptors (Lipinski definition) is 4. The first-order chi connectivity index (χ1) is 9.79. The molecule has 1 aromatic carbocycles. The largest absolute Gasteiger partial charge is 0.322 e. The first kappa shape index (κ1) is 15.4. The molecule has 1 amide bonds. The number of halogens is 1. The number of benzene rings is 1. The molecule has 0 spiro atoms. The number of sulfonamides is 1. The van der Waals surface area contributed by atoms with Crippen molar-refractivity contribution in [3.63, 3.8) is 0 Å². The van der Waals surface area contributed by atoms with E-state index in [4.69, 9.17) is 16.7 Å². The van der Waals surface area contributed by atoms with Gasteiger partial charge in [0.25, 0.3) is 5.91 Å². The third kappa shape index (κ3) is 3.57. The van der Waals surface area contributed by atoms with E-state index in [2.05, 4.69) is 10.3 Å². The molecule has 6 nitrogen and oxygen atoms in total. The Labute approximate surface area is 127 Å². The number of carbonyl (C=O) groups is 1. The highest BCUT2D eigenvalue weighted by Gasteiger charge is 2.15. The minimum Gasteiger partial charge on any atom is -0.322 e. The van der Waals surface area contributed by atoms with E-state index < -0.39 is 15.9 Å². The predicted octanol–water partition coefficient (Wildman–Crippen LogP) is 1.94. The fourth-order valence-corrected chi connectivity index (χ4v) is 2.68. The highest BCUT2D eigenvalue weighted by atomic mass is 35.5. The molecule has 21 heavy (non-hydrogen) atoms. The molecule has 0 aliphatic heterocycles. The first-order valence-electron chi connectivity index (χ1n) is 5.84. The maximum absolute atomic E-state index is 12.1.